The zero-order valence-corrected chi connectivity index (χ0v) is 22.3. The number of amides is 1. The molecule has 2 aromatic heterocycles. The van der Waals surface area contributed by atoms with Gasteiger partial charge in [-0.05, 0) is 77.4 Å². The highest BCUT2D eigenvalue weighted by atomic mass is 19.1. The molecule has 5 aromatic rings. The van der Waals surface area contributed by atoms with Crippen molar-refractivity contribution in [3.63, 3.8) is 0 Å². The largest absolute Gasteiger partial charge is 0.361 e. The van der Waals surface area contributed by atoms with Gasteiger partial charge in [0.05, 0.1) is 18.2 Å². The molecule has 204 valence electrons. The lowest BCUT2D eigenvalue weighted by atomic mass is 9.94. The second-order valence-corrected chi connectivity index (χ2v) is 10.5. The van der Waals surface area contributed by atoms with E-state index >= 15 is 0 Å². The number of H-pyrrole nitrogens is 1. The lowest BCUT2D eigenvalue weighted by molar-refractivity contribution is -0.121. The highest BCUT2D eigenvalue weighted by molar-refractivity contribution is 5.89. The SMILES string of the molecule is CC(C)Cc1ccc(-c2cccnc2[C@H](Cc2cc(F)cc(F)c2)NC(=O)Cc2c[nH]c3ccc(F)cc23)cc1. The van der Waals surface area contributed by atoms with Crippen LogP contribution in [0.5, 0.6) is 0 Å². The van der Waals surface area contributed by atoms with Crippen molar-refractivity contribution in [1.29, 1.82) is 0 Å². The number of rotatable bonds is 9. The van der Waals surface area contributed by atoms with Crippen LogP contribution >= 0.6 is 0 Å². The molecule has 7 heteroatoms. The average molecular weight is 542 g/mol. The minimum absolute atomic E-state index is 0.0104. The Balaban J connectivity index is 1.48. The normalized spacial score (nSPS) is 12.2. The maximum atomic E-state index is 14.1. The Kier molecular flexibility index (Phi) is 8.01. The van der Waals surface area contributed by atoms with Crippen LogP contribution in [0.25, 0.3) is 22.0 Å². The van der Waals surface area contributed by atoms with E-state index in [0.717, 1.165) is 29.1 Å². The zero-order valence-electron chi connectivity index (χ0n) is 22.3. The van der Waals surface area contributed by atoms with Crippen LogP contribution in [0.1, 0.15) is 42.3 Å². The fourth-order valence-electron chi connectivity index (χ4n) is 5.13. The number of halogens is 3. The highest BCUT2D eigenvalue weighted by Crippen LogP contribution is 2.30. The number of aromatic nitrogens is 2. The van der Waals surface area contributed by atoms with E-state index in [9.17, 15) is 18.0 Å². The second kappa shape index (κ2) is 11.8. The minimum Gasteiger partial charge on any atom is -0.361 e. The van der Waals surface area contributed by atoms with E-state index in [1.165, 1.54) is 29.8 Å². The quantitative estimate of drug-likeness (QED) is 0.203. The number of carbonyl (C=O) groups excluding carboxylic acids is 1. The van der Waals surface area contributed by atoms with Crippen LogP contribution in [0.3, 0.4) is 0 Å². The Morgan fingerprint density at radius 3 is 2.35 bits per heavy atom. The number of nitrogens with zero attached hydrogens (tertiary/aromatic N) is 1. The molecule has 0 aliphatic rings. The first-order chi connectivity index (χ1) is 19.2. The van der Waals surface area contributed by atoms with Crippen LogP contribution in [-0.2, 0) is 24.1 Å². The van der Waals surface area contributed by atoms with Gasteiger partial charge in [0.15, 0.2) is 0 Å². The summed E-state index contributed by atoms with van der Waals surface area (Å²) < 4.78 is 42.0. The molecule has 4 nitrogen and oxygen atoms in total. The summed E-state index contributed by atoms with van der Waals surface area (Å²) in [5, 5.41) is 3.66. The second-order valence-electron chi connectivity index (χ2n) is 10.5. The third kappa shape index (κ3) is 6.42. The van der Waals surface area contributed by atoms with Crippen molar-refractivity contribution < 1.29 is 18.0 Å². The van der Waals surface area contributed by atoms with E-state index in [1.54, 1.807) is 18.5 Å². The highest BCUT2D eigenvalue weighted by Gasteiger charge is 2.22. The van der Waals surface area contributed by atoms with E-state index in [1.807, 2.05) is 24.3 Å². The third-order valence-corrected chi connectivity index (χ3v) is 6.86. The first-order valence-corrected chi connectivity index (χ1v) is 13.3. The lowest BCUT2D eigenvalue weighted by Crippen LogP contribution is -2.32. The maximum absolute atomic E-state index is 14.1. The van der Waals surface area contributed by atoms with Crippen LogP contribution in [0, 0.1) is 23.4 Å². The van der Waals surface area contributed by atoms with Crippen molar-refractivity contribution in [2.45, 2.75) is 39.2 Å². The van der Waals surface area contributed by atoms with E-state index in [0.29, 0.717) is 28.1 Å². The predicted octanol–water partition coefficient (Wildman–Crippen LogP) is 7.49. The van der Waals surface area contributed by atoms with Crippen LogP contribution in [0.15, 0.2) is 85.2 Å². The van der Waals surface area contributed by atoms with Gasteiger partial charge in [-0.3, -0.25) is 9.78 Å². The molecule has 2 heterocycles. The number of fused-ring (bicyclic) bond motifs is 1. The van der Waals surface area contributed by atoms with Gasteiger partial charge in [0.2, 0.25) is 5.91 Å². The molecule has 0 saturated heterocycles. The number of benzene rings is 3. The summed E-state index contributed by atoms with van der Waals surface area (Å²) in [4.78, 5) is 21.0. The standard InChI is InChI=1S/C33H30F3N3O/c1-20(2)12-21-5-7-23(8-6-21)28-4-3-11-37-33(28)31(15-22-13-26(35)17-27(36)14-22)39-32(40)16-24-19-38-30-10-9-25(34)18-29(24)30/h3-11,13-14,17-20,31,38H,12,15-16H2,1-2H3,(H,39,40)/t31-/m0/s1. The third-order valence-electron chi connectivity index (χ3n) is 6.86. The summed E-state index contributed by atoms with van der Waals surface area (Å²) in [5.74, 6) is -1.57. The van der Waals surface area contributed by atoms with E-state index < -0.39 is 23.5 Å². The summed E-state index contributed by atoms with van der Waals surface area (Å²) in [6.07, 6.45) is 4.40. The Hall–Kier alpha value is -4.39. The van der Waals surface area contributed by atoms with E-state index in [-0.39, 0.29) is 18.7 Å². The smallest absolute Gasteiger partial charge is 0.225 e. The molecule has 0 fully saturated rings. The molecule has 0 unspecified atom stereocenters. The summed E-state index contributed by atoms with van der Waals surface area (Å²) in [6, 6.07) is 19.0. The van der Waals surface area contributed by atoms with Crippen molar-refractivity contribution in [2.75, 3.05) is 0 Å². The van der Waals surface area contributed by atoms with Gasteiger partial charge in [-0.25, -0.2) is 13.2 Å². The Morgan fingerprint density at radius 1 is 0.875 bits per heavy atom. The van der Waals surface area contributed by atoms with Crippen LogP contribution in [0.2, 0.25) is 0 Å². The van der Waals surface area contributed by atoms with Crippen molar-refractivity contribution in [3.8, 4) is 11.1 Å². The Bertz CT molecular complexity index is 1620. The molecule has 1 atom stereocenters. The number of pyridine rings is 1. The minimum atomic E-state index is -0.692. The number of hydrogen-bond donors (Lipinski definition) is 2. The summed E-state index contributed by atoms with van der Waals surface area (Å²) in [5.41, 5.74) is 5.30. The molecule has 0 saturated carbocycles. The first kappa shape index (κ1) is 27.2. The molecular formula is C33H30F3N3O. The number of aromatic amines is 1. The topological polar surface area (TPSA) is 57.8 Å². The Labute approximate surface area is 231 Å². The van der Waals surface area contributed by atoms with Gasteiger partial charge in [-0.2, -0.15) is 0 Å². The van der Waals surface area contributed by atoms with Gasteiger partial charge < -0.3 is 10.3 Å². The van der Waals surface area contributed by atoms with Gasteiger partial charge in [-0.1, -0.05) is 44.2 Å². The van der Waals surface area contributed by atoms with E-state index in [4.69, 9.17) is 0 Å². The molecule has 1 amide bonds. The first-order valence-electron chi connectivity index (χ1n) is 13.3. The number of hydrogen-bond acceptors (Lipinski definition) is 2. The predicted molar refractivity (Wildman–Crippen MR) is 151 cm³/mol. The number of nitrogens with one attached hydrogen (secondary N) is 2. The molecule has 2 N–H and O–H groups in total. The molecule has 0 bridgehead atoms. The van der Waals surface area contributed by atoms with Gasteiger partial charge in [0, 0.05) is 34.9 Å². The summed E-state index contributed by atoms with van der Waals surface area (Å²) in [6.45, 7) is 4.34. The van der Waals surface area contributed by atoms with Crippen molar-refractivity contribution in [1.82, 2.24) is 15.3 Å². The average Bonchev–Trinajstić information content (AvgIpc) is 3.29. The van der Waals surface area contributed by atoms with Gasteiger partial charge in [0.1, 0.15) is 17.5 Å². The summed E-state index contributed by atoms with van der Waals surface area (Å²) >= 11 is 0. The lowest BCUT2D eigenvalue weighted by Gasteiger charge is -2.22. The fourth-order valence-corrected chi connectivity index (χ4v) is 5.13. The van der Waals surface area contributed by atoms with Crippen molar-refractivity contribution in [2.24, 2.45) is 5.92 Å². The molecule has 5 rings (SSSR count). The Morgan fingerprint density at radius 2 is 1.62 bits per heavy atom. The molecule has 0 radical (unpaired) electrons. The van der Waals surface area contributed by atoms with Crippen LogP contribution < -0.4 is 5.32 Å². The van der Waals surface area contributed by atoms with Gasteiger partial charge in [0.25, 0.3) is 0 Å². The van der Waals surface area contributed by atoms with Gasteiger partial charge >= 0.3 is 0 Å². The number of carbonyl (C=O) groups is 1. The monoisotopic (exact) mass is 541 g/mol. The van der Waals surface area contributed by atoms with Crippen LogP contribution in [-0.4, -0.2) is 15.9 Å². The fraction of sp³-hybridized carbons (Fsp3) is 0.212. The van der Waals surface area contributed by atoms with Gasteiger partial charge in [-0.15, -0.1) is 0 Å². The maximum Gasteiger partial charge on any atom is 0.225 e. The molecular weight excluding hydrogens is 511 g/mol. The molecule has 0 aliphatic carbocycles. The van der Waals surface area contributed by atoms with Crippen molar-refractivity contribution >= 4 is 16.8 Å². The molecule has 0 aliphatic heterocycles. The van der Waals surface area contributed by atoms with Crippen molar-refractivity contribution in [3.05, 3.63) is 125 Å². The zero-order chi connectivity index (χ0) is 28.2. The summed E-state index contributed by atoms with van der Waals surface area (Å²) in [7, 11) is 0. The molecule has 3 aromatic carbocycles. The van der Waals surface area contributed by atoms with Crippen LogP contribution in [0.4, 0.5) is 13.2 Å². The van der Waals surface area contributed by atoms with E-state index in [2.05, 4.69) is 41.3 Å². The molecule has 0 spiro atoms. The molecule has 40 heavy (non-hydrogen) atoms.